The van der Waals surface area contributed by atoms with Gasteiger partial charge in [0.05, 0.1) is 19.9 Å². The summed E-state index contributed by atoms with van der Waals surface area (Å²) in [7, 11) is 3.07. The molecule has 0 bridgehead atoms. The second kappa shape index (κ2) is 6.80. The van der Waals surface area contributed by atoms with E-state index in [1.165, 1.54) is 7.11 Å². The number of esters is 1. The minimum absolute atomic E-state index is 0.204. The normalized spacial score (nSPS) is 18.0. The van der Waals surface area contributed by atoms with E-state index >= 15 is 0 Å². The van der Waals surface area contributed by atoms with Gasteiger partial charge in [0.25, 0.3) is 0 Å². The van der Waals surface area contributed by atoms with Gasteiger partial charge >= 0.3 is 5.97 Å². The minimum atomic E-state index is -0.672. The van der Waals surface area contributed by atoms with Gasteiger partial charge in [-0.1, -0.05) is 19.1 Å². The number of nitrogens with one attached hydrogen (secondary N) is 1. The number of para-hydroxylation sites is 2. The molecular formula is C16H24N2O3. The second-order valence-corrected chi connectivity index (χ2v) is 5.33. The molecule has 0 atom stereocenters. The SMILES string of the molecule is CCN1CCC(Nc2ccccc2OC)(C(=O)OC)CC1. The van der Waals surface area contributed by atoms with E-state index in [4.69, 9.17) is 9.47 Å². The van der Waals surface area contributed by atoms with Crippen molar-refractivity contribution in [3.63, 3.8) is 0 Å². The van der Waals surface area contributed by atoms with Crippen LogP contribution in [0.3, 0.4) is 0 Å². The maximum atomic E-state index is 12.3. The Morgan fingerprint density at radius 1 is 1.29 bits per heavy atom. The summed E-state index contributed by atoms with van der Waals surface area (Å²) in [4.78, 5) is 14.7. The fourth-order valence-electron chi connectivity index (χ4n) is 2.83. The number of hydrogen-bond acceptors (Lipinski definition) is 5. The highest BCUT2D eigenvalue weighted by Gasteiger charge is 2.42. The zero-order valence-corrected chi connectivity index (χ0v) is 13.0. The highest BCUT2D eigenvalue weighted by atomic mass is 16.5. The van der Waals surface area contributed by atoms with E-state index in [2.05, 4.69) is 17.1 Å². The molecule has 1 saturated heterocycles. The largest absolute Gasteiger partial charge is 0.495 e. The van der Waals surface area contributed by atoms with Crippen molar-refractivity contribution in [2.45, 2.75) is 25.3 Å². The summed E-state index contributed by atoms with van der Waals surface area (Å²) in [6.45, 7) is 4.91. The molecule has 5 nitrogen and oxygen atoms in total. The van der Waals surface area contributed by atoms with Crippen molar-refractivity contribution in [1.29, 1.82) is 0 Å². The Hall–Kier alpha value is -1.75. The molecule has 0 spiro atoms. The molecule has 0 unspecified atom stereocenters. The average molecular weight is 292 g/mol. The fourth-order valence-corrected chi connectivity index (χ4v) is 2.83. The molecule has 0 radical (unpaired) electrons. The minimum Gasteiger partial charge on any atom is -0.495 e. The first-order valence-corrected chi connectivity index (χ1v) is 7.37. The first-order chi connectivity index (χ1) is 10.1. The Morgan fingerprint density at radius 3 is 2.52 bits per heavy atom. The van der Waals surface area contributed by atoms with Crippen molar-refractivity contribution in [1.82, 2.24) is 4.90 Å². The Balaban J connectivity index is 2.23. The fraction of sp³-hybridized carbons (Fsp3) is 0.562. The summed E-state index contributed by atoms with van der Waals surface area (Å²) < 4.78 is 10.4. The summed E-state index contributed by atoms with van der Waals surface area (Å²) in [6, 6.07) is 7.65. The topological polar surface area (TPSA) is 50.8 Å². The third kappa shape index (κ3) is 3.29. The molecule has 1 aliphatic rings. The van der Waals surface area contributed by atoms with Crippen molar-refractivity contribution < 1.29 is 14.3 Å². The van der Waals surface area contributed by atoms with E-state index in [0.29, 0.717) is 0 Å². The number of anilines is 1. The number of piperidine rings is 1. The Labute approximate surface area is 126 Å². The first-order valence-electron chi connectivity index (χ1n) is 7.37. The van der Waals surface area contributed by atoms with Gasteiger partial charge in [-0.25, -0.2) is 4.79 Å². The van der Waals surface area contributed by atoms with E-state index in [0.717, 1.165) is 43.9 Å². The molecule has 1 N–H and O–H groups in total. The third-order valence-electron chi connectivity index (χ3n) is 4.21. The Bertz CT molecular complexity index is 482. The van der Waals surface area contributed by atoms with Gasteiger partial charge in [0, 0.05) is 13.1 Å². The van der Waals surface area contributed by atoms with Gasteiger partial charge in [-0.05, 0) is 31.5 Å². The van der Waals surface area contributed by atoms with Crippen LogP contribution in [-0.2, 0) is 9.53 Å². The van der Waals surface area contributed by atoms with Crippen molar-refractivity contribution in [2.24, 2.45) is 0 Å². The molecule has 0 aliphatic carbocycles. The van der Waals surface area contributed by atoms with Crippen molar-refractivity contribution in [2.75, 3.05) is 39.2 Å². The zero-order chi connectivity index (χ0) is 15.3. The molecular weight excluding hydrogens is 268 g/mol. The highest BCUT2D eigenvalue weighted by molar-refractivity contribution is 5.85. The number of carbonyl (C=O) groups excluding carboxylic acids is 1. The van der Waals surface area contributed by atoms with Gasteiger partial charge in [-0.15, -0.1) is 0 Å². The summed E-state index contributed by atoms with van der Waals surface area (Å²) in [5.74, 6) is 0.530. The van der Waals surface area contributed by atoms with Gasteiger partial charge in [0.2, 0.25) is 0 Å². The second-order valence-electron chi connectivity index (χ2n) is 5.33. The monoisotopic (exact) mass is 292 g/mol. The number of ether oxygens (including phenoxy) is 2. The lowest BCUT2D eigenvalue weighted by atomic mass is 9.87. The van der Waals surface area contributed by atoms with Crippen LogP contribution in [0.25, 0.3) is 0 Å². The molecule has 1 fully saturated rings. The van der Waals surface area contributed by atoms with Gasteiger partial charge < -0.3 is 19.7 Å². The molecule has 116 valence electrons. The maximum absolute atomic E-state index is 12.3. The molecule has 2 rings (SSSR count). The van der Waals surface area contributed by atoms with E-state index < -0.39 is 5.54 Å². The van der Waals surface area contributed by atoms with Crippen LogP contribution in [0.1, 0.15) is 19.8 Å². The molecule has 1 heterocycles. The lowest BCUT2D eigenvalue weighted by Crippen LogP contribution is -2.54. The maximum Gasteiger partial charge on any atom is 0.331 e. The lowest BCUT2D eigenvalue weighted by Gasteiger charge is -2.40. The van der Waals surface area contributed by atoms with Crippen molar-refractivity contribution >= 4 is 11.7 Å². The van der Waals surface area contributed by atoms with Crippen LogP contribution in [0.4, 0.5) is 5.69 Å². The average Bonchev–Trinajstić information content (AvgIpc) is 2.55. The summed E-state index contributed by atoms with van der Waals surface area (Å²) in [6.07, 6.45) is 1.46. The molecule has 0 saturated carbocycles. The van der Waals surface area contributed by atoms with Gasteiger partial charge in [0.15, 0.2) is 0 Å². The molecule has 1 aliphatic heterocycles. The summed E-state index contributed by atoms with van der Waals surface area (Å²) >= 11 is 0. The van der Waals surface area contributed by atoms with E-state index in [1.807, 2.05) is 24.3 Å². The van der Waals surface area contributed by atoms with Crippen LogP contribution in [0.15, 0.2) is 24.3 Å². The van der Waals surface area contributed by atoms with Crippen molar-refractivity contribution in [3.8, 4) is 5.75 Å². The van der Waals surface area contributed by atoms with E-state index in [-0.39, 0.29) is 5.97 Å². The number of rotatable bonds is 5. The van der Waals surface area contributed by atoms with Crippen LogP contribution in [0, 0.1) is 0 Å². The molecule has 0 aromatic heterocycles. The molecule has 1 aromatic rings. The van der Waals surface area contributed by atoms with Crippen molar-refractivity contribution in [3.05, 3.63) is 24.3 Å². The number of methoxy groups -OCH3 is 2. The van der Waals surface area contributed by atoms with E-state index in [9.17, 15) is 4.79 Å². The smallest absolute Gasteiger partial charge is 0.331 e. The van der Waals surface area contributed by atoms with Crippen LogP contribution in [0.2, 0.25) is 0 Å². The van der Waals surface area contributed by atoms with Gasteiger partial charge in [-0.2, -0.15) is 0 Å². The molecule has 5 heteroatoms. The molecule has 0 amide bonds. The number of benzene rings is 1. The molecule has 21 heavy (non-hydrogen) atoms. The summed E-state index contributed by atoms with van der Waals surface area (Å²) in [5.41, 5.74) is 0.157. The van der Waals surface area contributed by atoms with Crippen LogP contribution < -0.4 is 10.1 Å². The molecule has 1 aromatic carbocycles. The number of likely N-dealkylation sites (tertiary alicyclic amines) is 1. The first kappa shape index (κ1) is 15.6. The van der Waals surface area contributed by atoms with Gasteiger partial charge in [0.1, 0.15) is 11.3 Å². The highest BCUT2D eigenvalue weighted by Crippen LogP contribution is 2.32. The number of nitrogens with zero attached hydrogens (tertiary/aromatic N) is 1. The zero-order valence-electron chi connectivity index (χ0n) is 13.0. The Morgan fingerprint density at radius 2 is 1.95 bits per heavy atom. The lowest BCUT2D eigenvalue weighted by molar-refractivity contribution is -0.147. The van der Waals surface area contributed by atoms with Crippen LogP contribution in [0.5, 0.6) is 5.75 Å². The number of hydrogen-bond donors (Lipinski definition) is 1. The third-order valence-corrected chi connectivity index (χ3v) is 4.21. The van der Waals surface area contributed by atoms with E-state index in [1.54, 1.807) is 7.11 Å². The number of carbonyl (C=O) groups is 1. The van der Waals surface area contributed by atoms with Crippen LogP contribution in [-0.4, -0.2) is 50.3 Å². The predicted molar refractivity (Wildman–Crippen MR) is 82.7 cm³/mol. The predicted octanol–water partition coefficient (Wildman–Crippen LogP) is 2.13. The quantitative estimate of drug-likeness (QED) is 0.843. The Kier molecular flexibility index (Phi) is 5.07. The summed E-state index contributed by atoms with van der Waals surface area (Å²) in [5, 5.41) is 3.38. The van der Waals surface area contributed by atoms with Gasteiger partial charge in [-0.3, -0.25) is 0 Å². The van der Waals surface area contributed by atoms with Crippen LogP contribution >= 0.6 is 0 Å². The standard InChI is InChI=1S/C16H24N2O3/c1-4-18-11-9-16(10-12-18,15(19)21-3)17-13-7-5-6-8-14(13)20-2/h5-8,17H,4,9-12H2,1-3H3.